The van der Waals surface area contributed by atoms with Crippen LogP contribution in [0.4, 0.5) is 0 Å². The van der Waals surface area contributed by atoms with Gasteiger partial charge in [-0.1, -0.05) is 13.8 Å². The van der Waals surface area contributed by atoms with Gasteiger partial charge in [0.05, 0.1) is 6.10 Å². The number of aliphatic hydroxyl groups is 1. The van der Waals surface area contributed by atoms with Crippen LogP contribution in [0.15, 0.2) is 0 Å². The van der Waals surface area contributed by atoms with Crippen LogP contribution in [0.1, 0.15) is 34.1 Å². The summed E-state index contributed by atoms with van der Waals surface area (Å²) in [6.07, 6.45) is 0.737. The highest BCUT2D eigenvalue weighted by molar-refractivity contribution is 4.82. The van der Waals surface area contributed by atoms with Crippen molar-refractivity contribution >= 4 is 0 Å². The predicted octanol–water partition coefficient (Wildman–Crippen LogP) is 1.73. The molecule has 4 unspecified atom stereocenters. The second-order valence-corrected chi connectivity index (χ2v) is 4.84. The molecule has 0 aliphatic carbocycles. The lowest BCUT2D eigenvalue weighted by Crippen LogP contribution is -2.33. The zero-order chi connectivity index (χ0) is 10.0. The quantitative estimate of drug-likeness (QED) is 0.724. The third-order valence-electron chi connectivity index (χ3n) is 3.32. The van der Waals surface area contributed by atoms with Gasteiger partial charge >= 0.3 is 0 Å². The second-order valence-electron chi connectivity index (χ2n) is 4.84. The standard InChI is InChI=1S/C11H23NO/c1-8-6-12(7-9(8)2)10(3)5-11(4)13/h8-11,13H,5-7H2,1-4H3. The monoisotopic (exact) mass is 185 g/mol. The highest BCUT2D eigenvalue weighted by Gasteiger charge is 2.29. The van der Waals surface area contributed by atoms with Crippen LogP contribution in [0.5, 0.6) is 0 Å². The molecular formula is C11H23NO. The molecule has 0 spiro atoms. The largest absolute Gasteiger partial charge is 0.393 e. The number of nitrogens with zero attached hydrogens (tertiary/aromatic N) is 1. The molecule has 1 fully saturated rings. The van der Waals surface area contributed by atoms with E-state index in [4.69, 9.17) is 0 Å². The average Bonchev–Trinajstić information content (AvgIpc) is 2.31. The van der Waals surface area contributed by atoms with Crippen molar-refractivity contribution in [2.24, 2.45) is 11.8 Å². The zero-order valence-electron chi connectivity index (χ0n) is 9.33. The van der Waals surface area contributed by atoms with E-state index in [1.54, 1.807) is 0 Å². The topological polar surface area (TPSA) is 23.5 Å². The van der Waals surface area contributed by atoms with E-state index >= 15 is 0 Å². The first-order chi connectivity index (χ1) is 6.00. The van der Waals surface area contributed by atoms with Crippen LogP contribution in [0.25, 0.3) is 0 Å². The fourth-order valence-corrected chi connectivity index (χ4v) is 2.18. The van der Waals surface area contributed by atoms with Gasteiger partial charge in [0, 0.05) is 19.1 Å². The van der Waals surface area contributed by atoms with Gasteiger partial charge in [-0.15, -0.1) is 0 Å². The highest BCUT2D eigenvalue weighted by Crippen LogP contribution is 2.25. The van der Waals surface area contributed by atoms with Crippen molar-refractivity contribution in [3.63, 3.8) is 0 Å². The van der Waals surface area contributed by atoms with Gasteiger partial charge in [0.25, 0.3) is 0 Å². The van der Waals surface area contributed by atoms with Crippen LogP contribution in [0.3, 0.4) is 0 Å². The minimum absolute atomic E-state index is 0.166. The molecule has 4 atom stereocenters. The second kappa shape index (κ2) is 4.43. The van der Waals surface area contributed by atoms with Crippen LogP contribution >= 0.6 is 0 Å². The molecule has 78 valence electrons. The Balaban J connectivity index is 2.37. The van der Waals surface area contributed by atoms with E-state index in [1.807, 2.05) is 6.92 Å². The molecule has 0 aromatic rings. The van der Waals surface area contributed by atoms with Crippen LogP contribution in [0, 0.1) is 11.8 Å². The van der Waals surface area contributed by atoms with Gasteiger partial charge in [0.1, 0.15) is 0 Å². The van der Waals surface area contributed by atoms with Crippen molar-refractivity contribution in [3.05, 3.63) is 0 Å². The molecule has 1 N–H and O–H groups in total. The van der Waals surface area contributed by atoms with Crippen molar-refractivity contribution in [1.82, 2.24) is 4.90 Å². The van der Waals surface area contributed by atoms with E-state index in [1.165, 1.54) is 13.1 Å². The molecule has 1 heterocycles. The van der Waals surface area contributed by atoms with E-state index in [9.17, 15) is 5.11 Å². The summed E-state index contributed by atoms with van der Waals surface area (Å²) in [5, 5.41) is 9.29. The third-order valence-corrected chi connectivity index (χ3v) is 3.32. The lowest BCUT2D eigenvalue weighted by atomic mass is 10.0. The Kier molecular flexibility index (Phi) is 3.74. The Hall–Kier alpha value is -0.0800. The maximum atomic E-state index is 9.29. The van der Waals surface area contributed by atoms with Gasteiger partial charge in [0.2, 0.25) is 0 Å². The van der Waals surface area contributed by atoms with E-state index in [-0.39, 0.29) is 6.10 Å². The third kappa shape index (κ3) is 2.96. The molecule has 0 bridgehead atoms. The molecule has 0 saturated carbocycles. The molecule has 1 aliphatic rings. The first-order valence-electron chi connectivity index (χ1n) is 5.42. The molecule has 0 aromatic heterocycles. The maximum Gasteiger partial charge on any atom is 0.0526 e. The molecule has 2 heteroatoms. The van der Waals surface area contributed by atoms with Crippen LogP contribution in [0.2, 0.25) is 0 Å². The summed E-state index contributed by atoms with van der Waals surface area (Å²) < 4.78 is 0. The fourth-order valence-electron chi connectivity index (χ4n) is 2.18. The molecule has 2 nitrogen and oxygen atoms in total. The van der Waals surface area contributed by atoms with Crippen molar-refractivity contribution in [3.8, 4) is 0 Å². The Morgan fingerprint density at radius 2 is 1.69 bits per heavy atom. The molecule has 0 aromatic carbocycles. The van der Waals surface area contributed by atoms with Gasteiger partial charge in [-0.3, -0.25) is 0 Å². The minimum atomic E-state index is -0.166. The smallest absolute Gasteiger partial charge is 0.0526 e. The molecule has 1 rings (SSSR count). The number of likely N-dealkylation sites (tertiary alicyclic amines) is 1. The first kappa shape index (κ1) is 11.0. The SMILES string of the molecule is CC(O)CC(C)N1CC(C)C(C)C1. The Labute approximate surface area is 81.9 Å². The highest BCUT2D eigenvalue weighted by atomic mass is 16.3. The van der Waals surface area contributed by atoms with Crippen molar-refractivity contribution in [2.45, 2.75) is 46.3 Å². The average molecular weight is 185 g/mol. The van der Waals surface area contributed by atoms with E-state index in [2.05, 4.69) is 25.7 Å². The maximum absolute atomic E-state index is 9.29. The molecule has 1 saturated heterocycles. The van der Waals surface area contributed by atoms with Crippen LogP contribution in [-0.2, 0) is 0 Å². The lowest BCUT2D eigenvalue weighted by molar-refractivity contribution is 0.130. The number of hydrogen-bond donors (Lipinski definition) is 1. The van der Waals surface area contributed by atoms with Crippen molar-refractivity contribution in [2.75, 3.05) is 13.1 Å². The molecular weight excluding hydrogens is 162 g/mol. The Morgan fingerprint density at radius 1 is 1.23 bits per heavy atom. The molecule has 0 radical (unpaired) electrons. The summed E-state index contributed by atoms with van der Waals surface area (Å²) in [5.74, 6) is 1.63. The summed E-state index contributed by atoms with van der Waals surface area (Å²) >= 11 is 0. The van der Waals surface area contributed by atoms with E-state index in [0.29, 0.717) is 6.04 Å². The normalized spacial score (nSPS) is 34.8. The van der Waals surface area contributed by atoms with E-state index in [0.717, 1.165) is 18.3 Å². The number of hydrogen-bond acceptors (Lipinski definition) is 2. The summed E-state index contributed by atoms with van der Waals surface area (Å²) in [6.45, 7) is 11.1. The Morgan fingerprint density at radius 3 is 2.08 bits per heavy atom. The number of aliphatic hydroxyl groups excluding tert-OH is 1. The lowest BCUT2D eigenvalue weighted by Gasteiger charge is -2.25. The van der Waals surface area contributed by atoms with Crippen LogP contribution in [-0.4, -0.2) is 35.2 Å². The number of rotatable bonds is 3. The van der Waals surface area contributed by atoms with Gasteiger partial charge in [-0.2, -0.15) is 0 Å². The Bertz CT molecular complexity index is 148. The van der Waals surface area contributed by atoms with Crippen molar-refractivity contribution < 1.29 is 5.11 Å². The summed E-state index contributed by atoms with van der Waals surface area (Å²) in [6, 6.07) is 0.535. The minimum Gasteiger partial charge on any atom is -0.393 e. The molecule has 13 heavy (non-hydrogen) atoms. The predicted molar refractivity (Wildman–Crippen MR) is 55.7 cm³/mol. The van der Waals surface area contributed by atoms with Gasteiger partial charge in [-0.05, 0) is 32.1 Å². The summed E-state index contributed by atoms with van der Waals surface area (Å²) in [4.78, 5) is 2.50. The summed E-state index contributed by atoms with van der Waals surface area (Å²) in [5.41, 5.74) is 0. The van der Waals surface area contributed by atoms with Gasteiger partial charge < -0.3 is 10.0 Å². The summed E-state index contributed by atoms with van der Waals surface area (Å²) in [7, 11) is 0. The van der Waals surface area contributed by atoms with Crippen molar-refractivity contribution in [1.29, 1.82) is 0 Å². The van der Waals surface area contributed by atoms with Gasteiger partial charge in [0.15, 0.2) is 0 Å². The fraction of sp³-hybridized carbons (Fsp3) is 1.00. The first-order valence-corrected chi connectivity index (χ1v) is 5.42. The van der Waals surface area contributed by atoms with Crippen LogP contribution < -0.4 is 0 Å². The van der Waals surface area contributed by atoms with E-state index < -0.39 is 0 Å². The van der Waals surface area contributed by atoms with Gasteiger partial charge in [-0.25, -0.2) is 0 Å². The molecule has 0 amide bonds. The molecule has 1 aliphatic heterocycles. The zero-order valence-corrected chi connectivity index (χ0v) is 9.33.